The second-order valence-corrected chi connectivity index (χ2v) is 4.39. The molecule has 5 nitrogen and oxygen atoms in total. The van der Waals surface area contributed by atoms with Crippen molar-refractivity contribution in [3.05, 3.63) is 29.8 Å². The van der Waals surface area contributed by atoms with Crippen molar-refractivity contribution in [1.29, 1.82) is 5.26 Å². The monoisotopic (exact) mass is 258 g/mol. The molecule has 1 heterocycles. The van der Waals surface area contributed by atoms with E-state index >= 15 is 0 Å². The lowest BCUT2D eigenvalue weighted by Gasteiger charge is -2.19. The molecule has 98 valence electrons. The van der Waals surface area contributed by atoms with Crippen LogP contribution in [0.1, 0.15) is 12.0 Å². The van der Waals surface area contributed by atoms with Gasteiger partial charge in [0.25, 0.3) is 0 Å². The third-order valence-electron chi connectivity index (χ3n) is 3.21. The van der Waals surface area contributed by atoms with E-state index in [1.165, 1.54) is 7.11 Å². The number of anilines is 1. The summed E-state index contributed by atoms with van der Waals surface area (Å²) in [5, 5.41) is 8.80. The highest BCUT2D eigenvalue weighted by Gasteiger charge is 2.36. The van der Waals surface area contributed by atoms with Crippen LogP contribution >= 0.6 is 0 Å². The van der Waals surface area contributed by atoms with Gasteiger partial charge in [0.1, 0.15) is 0 Å². The molecule has 1 atom stereocenters. The van der Waals surface area contributed by atoms with E-state index in [0.717, 1.165) is 5.56 Å². The van der Waals surface area contributed by atoms with E-state index in [2.05, 4.69) is 10.8 Å². The fourth-order valence-corrected chi connectivity index (χ4v) is 2.27. The lowest BCUT2D eigenvalue weighted by Crippen LogP contribution is -2.27. The number of para-hydroxylation sites is 1. The number of carbonyl (C=O) groups excluding carboxylic acids is 2. The summed E-state index contributed by atoms with van der Waals surface area (Å²) >= 11 is 0. The van der Waals surface area contributed by atoms with Crippen LogP contribution in [0.5, 0.6) is 0 Å². The van der Waals surface area contributed by atoms with E-state index in [4.69, 9.17) is 5.26 Å². The molecular weight excluding hydrogens is 244 g/mol. The summed E-state index contributed by atoms with van der Waals surface area (Å²) in [6, 6.07) is 9.33. The molecule has 0 bridgehead atoms. The summed E-state index contributed by atoms with van der Waals surface area (Å²) in [6.45, 7) is 0.313. The van der Waals surface area contributed by atoms with Crippen LogP contribution in [0.25, 0.3) is 0 Å². The number of carbonyl (C=O) groups is 2. The maximum absolute atomic E-state index is 12.0. The molecule has 1 fully saturated rings. The van der Waals surface area contributed by atoms with Crippen LogP contribution < -0.4 is 4.90 Å². The quantitative estimate of drug-likeness (QED) is 0.766. The van der Waals surface area contributed by atoms with E-state index in [0.29, 0.717) is 12.2 Å². The molecular formula is C14H14N2O3. The number of hydrogen-bond donors (Lipinski definition) is 0. The summed E-state index contributed by atoms with van der Waals surface area (Å²) in [4.78, 5) is 25.1. The second kappa shape index (κ2) is 5.53. The largest absolute Gasteiger partial charge is 0.469 e. The van der Waals surface area contributed by atoms with Crippen LogP contribution in [0, 0.1) is 17.2 Å². The van der Waals surface area contributed by atoms with Gasteiger partial charge in [-0.2, -0.15) is 5.26 Å². The van der Waals surface area contributed by atoms with E-state index in [9.17, 15) is 9.59 Å². The summed E-state index contributed by atoms with van der Waals surface area (Å²) in [6.07, 6.45) is 0.399. The number of nitriles is 1. The Labute approximate surface area is 111 Å². The average Bonchev–Trinajstić information content (AvgIpc) is 2.81. The van der Waals surface area contributed by atoms with Crippen molar-refractivity contribution >= 4 is 17.6 Å². The van der Waals surface area contributed by atoms with Crippen molar-refractivity contribution in [3.8, 4) is 6.07 Å². The lowest BCUT2D eigenvalue weighted by atomic mass is 10.1. The molecule has 1 aliphatic rings. The maximum atomic E-state index is 12.0. The first-order valence-electron chi connectivity index (χ1n) is 6.00. The highest BCUT2D eigenvalue weighted by molar-refractivity contribution is 6.00. The normalized spacial score (nSPS) is 18.2. The molecule has 0 saturated carbocycles. The predicted molar refractivity (Wildman–Crippen MR) is 68.2 cm³/mol. The molecule has 0 spiro atoms. The highest BCUT2D eigenvalue weighted by atomic mass is 16.5. The first-order valence-corrected chi connectivity index (χ1v) is 6.00. The molecule has 1 amide bonds. The number of ether oxygens (including phenoxy) is 1. The Morgan fingerprint density at radius 2 is 2.26 bits per heavy atom. The SMILES string of the molecule is COC(=O)C1CC(=O)N(c2ccccc2CC#N)C1. The van der Waals surface area contributed by atoms with Gasteiger partial charge >= 0.3 is 5.97 Å². The summed E-state index contributed by atoms with van der Waals surface area (Å²) < 4.78 is 4.67. The number of amides is 1. The van der Waals surface area contributed by atoms with Crippen LogP contribution in [0.3, 0.4) is 0 Å². The molecule has 5 heteroatoms. The van der Waals surface area contributed by atoms with Gasteiger partial charge in [0.15, 0.2) is 0 Å². The van der Waals surface area contributed by atoms with Crippen LogP contribution in [0.15, 0.2) is 24.3 Å². The average molecular weight is 258 g/mol. The molecule has 0 aromatic heterocycles. The van der Waals surface area contributed by atoms with Crippen LogP contribution in [-0.2, 0) is 20.7 Å². The Bertz CT molecular complexity index is 548. The zero-order valence-corrected chi connectivity index (χ0v) is 10.6. The highest BCUT2D eigenvalue weighted by Crippen LogP contribution is 2.28. The molecule has 1 aromatic carbocycles. The van der Waals surface area contributed by atoms with Crippen molar-refractivity contribution in [1.82, 2.24) is 0 Å². The molecule has 1 unspecified atom stereocenters. The smallest absolute Gasteiger partial charge is 0.311 e. The molecule has 1 saturated heterocycles. The zero-order chi connectivity index (χ0) is 13.8. The number of methoxy groups -OCH3 is 1. The van der Waals surface area contributed by atoms with Crippen LogP contribution in [-0.4, -0.2) is 25.5 Å². The third-order valence-corrected chi connectivity index (χ3v) is 3.21. The first-order chi connectivity index (χ1) is 9.17. The summed E-state index contributed by atoms with van der Waals surface area (Å²) in [5.41, 5.74) is 1.50. The Kier molecular flexibility index (Phi) is 3.81. The van der Waals surface area contributed by atoms with Gasteiger partial charge in [0.05, 0.1) is 25.5 Å². The fourth-order valence-electron chi connectivity index (χ4n) is 2.27. The number of nitrogens with zero attached hydrogens (tertiary/aromatic N) is 2. The van der Waals surface area contributed by atoms with Crippen molar-refractivity contribution in [2.24, 2.45) is 5.92 Å². The van der Waals surface area contributed by atoms with Gasteiger partial charge in [0, 0.05) is 18.7 Å². The lowest BCUT2D eigenvalue weighted by molar-refractivity contribution is -0.145. The van der Waals surface area contributed by atoms with Gasteiger partial charge in [-0.1, -0.05) is 18.2 Å². The molecule has 2 rings (SSSR count). The van der Waals surface area contributed by atoms with Gasteiger partial charge < -0.3 is 9.64 Å². The summed E-state index contributed by atoms with van der Waals surface area (Å²) in [5.74, 6) is -0.901. The van der Waals surface area contributed by atoms with Gasteiger partial charge in [-0.15, -0.1) is 0 Å². The molecule has 1 aromatic rings. The molecule has 0 N–H and O–H groups in total. The standard InChI is InChI=1S/C14H14N2O3/c1-19-14(18)11-8-13(17)16(9-11)12-5-3-2-4-10(12)6-7-15/h2-5,11H,6,8-9H2,1H3. The van der Waals surface area contributed by atoms with E-state index in [1.54, 1.807) is 11.0 Å². The minimum absolute atomic E-state index is 0.110. The van der Waals surface area contributed by atoms with E-state index in [1.807, 2.05) is 18.2 Å². The maximum Gasteiger partial charge on any atom is 0.311 e. The van der Waals surface area contributed by atoms with Crippen molar-refractivity contribution in [2.75, 3.05) is 18.6 Å². The Morgan fingerprint density at radius 1 is 1.53 bits per heavy atom. The van der Waals surface area contributed by atoms with Gasteiger partial charge in [0.2, 0.25) is 5.91 Å². The summed E-state index contributed by atoms with van der Waals surface area (Å²) in [7, 11) is 1.32. The molecule has 0 radical (unpaired) electrons. The Morgan fingerprint density at radius 3 is 2.95 bits per heavy atom. The zero-order valence-electron chi connectivity index (χ0n) is 10.6. The van der Waals surface area contributed by atoms with Crippen LogP contribution in [0.2, 0.25) is 0 Å². The topological polar surface area (TPSA) is 70.4 Å². The second-order valence-electron chi connectivity index (χ2n) is 4.39. The Hall–Kier alpha value is -2.35. The minimum atomic E-state index is -0.423. The first kappa shape index (κ1) is 13.1. The van der Waals surface area contributed by atoms with Crippen molar-refractivity contribution < 1.29 is 14.3 Å². The van der Waals surface area contributed by atoms with Crippen LogP contribution in [0.4, 0.5) is 5.69 Å². The number of esters is 1. The van der Waals surface area contributed by atoms with Crippen molar-refractivity contribution in [3.63, 3.8) is 0 Å². The molecule has 1 aliphatic heterocycles. The number of rotatable bonds is 3. The van der Waals surface area contributed by atoms with Gasteiger partial charge in [-0.3, -0.25) is 9.59 Å². The Balaban J connectivity index is 2.26. The third kappa shape index (κ3) is 2.58. The van der Waals surface area contributed by atoms with E-state index < -0.39 is 5.92 Å². The molecule has 19 heavy (non-hydrogen) atoms. The van der Waals surface area contributed by atoms with E-state index in [-0.39, 0.29) is 24.7 Å². The number of benzene rings is 1. The molecule has 0 aliphatic carbocycles. The predicted octanol–water partition coefficient (Wildman–Crippen LogP) is 1.28. The fraction of sp³-hybridized carbons (Fsp3) is 0.357. The number of hydrogen-bond acceptors (Lipinski definition) is 4. The van der Waals surface area contributed by atoms with Gasteiger partial charge in [-0.25, -0.2) is 0 Å². The minimum Gasteiger partial charge on any atom is -0.469 e. The van der Waals surface area contributed by atoms with Crippen molar-refractivity contribution in [2.45, 2.75) is 12.8 Å². The van der Waals surface area contributed by atoms with Gasteiger partial charge in [-0.05, 0) is 11.6 Å².